The first-order valence-electron chi connectivity index (χ1n) is 8.61. The summed E-state index contributed by atoms with van der Waals surface area (Å²) in [6, 6.07) is 8.49. The fourth-order valence-corrected chi connectivity index (χ4v) is 3.85. The van der Waals surface area contributed by atoms with E-state index < -0.39 is 0 Å². The first-order valence-corrected chi connectivity index (χ1v) is 8.98. The SMILES string of the molecule is C[C@H]1C[C@@H](C(=O)N2CCN(Cc3cccc(Cl)c3)CC2)CCN1. The molecule has 2 aliphatic rings. The van der Waals surface area contributed by atoms with Crippen LogP contribution in [-0.4, -0.2) is 54.5 Å². The molecule has 1 amide bonds. The van der Waals surface area contributed by atoms with Gasteiger partial charge >= 0.3 is 0 Å². The fourth-order valence-electron chi connectivity index (χ4n) is 3.63. The summed E-state index contributed by atoms with van der Waals surface area (Å²) in [4.78, 5) is 17.1. The van der Waals surface area contributed by atoms with E-state index in [2.05, 4.69) is 28.1 Å². The van der Waals surface area contributed by atoms with E-state index in [0.717, 1.165) is 57.1 Å². The highest BCUT2D eigenvalue weighted by molar-refractivity contribution is 6.30. The van der Waals surface area contributed by atoms with Crippen LogP contribution in [-0.2, 0) is 11.3 Å². The molecule has 2 fully saturated rings. The number of nitrogens with zero attached hydrogens (tertiary/aromatic N) is 2. The fraction of sp³-hybridized carbons (Fsp3) is 0.611. The van der Waals surface area contributed by atoms with Crippen LogP contribution in [0.5, 0.6) is 0 Å². The topological polar surface area (TPSA) is 35.6 Å². The summed E-state index contributed by atoms with van der Waals surface area (Å²) < 4.78 is 0. The van der Waals surface area contributed by atoms with Crippen LogP contribution >= 0.6 is 11.6 Å². The molecule has 3 rings (SSSR count). The van der Waals surface area contributed by atoms with Crippen LogP contribution < -0.4 is 5.32 Å². The quantitative estimate of drug-likeness (QED) is 0.921. The van der Waals surface area contributed by atoms with Gasteiger partial charge in [0.25, 0.3) is 0 Å². The van der Waals surface area contributed by atoms with Gasteiger partial charge in [-0.3, -0.25) is 9.69 Å². The van der Waals surface area contributed by atoms with Gasteiger partial charge in [-0.1, -0.05) is 23.7 Å². The molecule has 0 unspecified atom stereocenters. The van der Waals surface area contributed by atoms with E-state index in [9.17, 15) is 4.79 Å². The van der Waals surface area contributed by atoms with Crippen LogP contribution in [0, 0.1) is 5.92 Å². The Morgan fingerprint density at radius 1 is 1.30 bits per heavy atom. The highest BCUT2D eigenvalue weighted by Gasteiger charge is 2.30. The largest absolute Gasteiger partial charge is 0.340 e. The number of nitrogens with one attached hydrogen (secondary N) is 1. The van der Waals surface area contributed by atoms with E-state index in [1.807, 2.05) is 18.2 Å². The average molecular weight is 336 g/mol. The molecule has 0 bridgehead atoms. The van der Waals surface area contributed by atoms with E-state index in [4.69, 9.17) is 11.6 Å². The second-order valence-electron chi connectivity index (χ2n) is 6.81. The van der Waals surface area contributed by atoms with E-state index >= 15 is 0 Å². The third kappa shape index (κ3) is 4.46. The minimum Gasteiger partial charge on any atom is -0.340 e. The maximum absolute atomic E-state index is 12.7. The predicted molar refractivity (Wildman–Crippen MR) is 93.5 cm³/mol. The number of benzene rings is 1. The lowest BCUT2D eigenvalue weighted by Crippen LogP contribution is -2.51. The van der Waals surface area contributed by atoms with Crippen molar-refractivity contribution in [3.05, 3.63) is 34.9 Å². The number of piperidine rings is 1. The molecular weight excluding hydrogens is 310 g/mol. The monoisotopic (exact) mass is 335 g/mol. The van der Waals surface area contributed by atoms with Crippen LogP contribution in [0.3, 0.4) is 0 Å². The summed E-state index contributed by atoms with van der Waals surface area (Å²) in [5.41, 5.74) is 1.24. The Kier molecular flexibility index (Phi) is 5.57. The first-order chi connectivity index (χ1) is 11.1. The lowest BCUT2D eigenvalue weighted by molar-refractivity contribution is -0.138. The Labute approximate surface area is 143 Å². The second-order valence-corrected chi connectivity index (χ2v) is 7.24. The molecule has 4 nitrogen and oxygen atoms in total. The highest BCUT2D eigenvalue weighted by atomic mass is 35.5. The average Bonchev–Trinajstić information content (AvgIpc) is 2.55. The van der Waals surface area contributed by atoms with Crippen LogP contribution in [0.15, 0.2) is 24.3 Å². The van der Waals surface area contributed by atoms with Crippen molar-refractivity contribution in [2.45, 2.75) is 32.4 Å². The molecule has 0 spiro atoms. The Balaban J connectivity index is 1.49. The zero-order chi connectivity index (χ0) is 16.2. The van der Waals surface area contributed by atoms with Crippen molar-refractivity contribution in [3.8, 4) is 0 Å². The van der Waals surface area contributed by atoms with Crippen molar-refractivity contribution < 1.29 is 4.79 Å². The molecule has 0 radical (unpaired) electrons. The first kappa shape index (κ1) is 16.7. The lowest BCUT2D eigenvalue weighted by atomic mass is 9.92. The molecule has 1 aromatic rings. The summed E-state index contributed by atoms with van der Waals surface area (Å²) in [5, 5.41) is 4.21. The molecular formula is C18H26ClN3O. The molecule has 1 aromatic carbocycles. The zero-order valence-electron chi connectivity index (χ0n) is 13.8. The molecule has 0 saturated carbocycles. The van der Waals surface area contributed by atoms with Crippen molar-refractivity contribution in [1.82, 2.24) is 15.1 Å². The summed E-state index contributed by atoms with van der Waals surface area (Å²) in [6.45, 7) is 7.62. The van der Waals surface area contributed by atoms with Gasteiger partial charge < -0.3 is 10.2 Å². The number of halogens is 1. The third-order valence-corrected chi connectivity index (χ3v) is 5.19. The molecule has 23 heavy (non-hydrogen) atoms. The maximum Gasteiger partial charge on any atom is 0.225 e. The predicted octanol–water partition coefficient (Wildman–Crippen LogP) is 2.37. The number of hydrogen-bond acceptors (Lipinski definition) is 3. The summed E-state index contributed by atoms with van der Waals surface area (Å²) in [7, 11) is 0. The Morgan fingerprint density at radius 3 is 2.78 bits per heavy atom. The second kappa shape index (κ2) is 7.65. The van der Waals surface area contributed by atoms with Gasteiger partial charge in [0, 0.05) is 49.7 Å². The number of piperazine rings is 1. The van der Waals surface area contributed by atoms with Gasteiger partial charge in [-0.2, -0.15) is 0 Å². The van der Waals surface area contributed by atoms with Gasteiger partial charge in [-0.05, 0) is 44.0 Å². The molecule has 0 aliphatic carbocycles. The summed E-state index contributed by atoms with van der Waals surface area (Å²) in [6.07, 6.45) is 1.95. The van der Waals surface area contributed by atoms with E-state index in [1.54, 1.807) is 0 Å². The highest BCUT2D eigenvalue weighted by Crippen LogP contribution is 2.20. The van der Waals surface area contributed by atoms with Gasteiger partial charge in [0.1, 0.15) is 0 Å². The molecule has 2 heterocycles. The van der Waals surface area contributed by atoms with Gasteiger partial charge in [0.05, 0.1) is 0 Å². The molecule has 2 saturated heterocycles. The normalized spacial score (nSPS) is 26.3. The summed E-state index contributed by atoms with van der Waals surface area (Å²) in [5.74, 6) is 0.575. The smallest absolute Gasteiger partial charge is 0.225 e. The molecule has 1 N–H and O–H groups in total. The maximum atomic E-state index is 12.7. The lowest BCUT2D eigenvalue weighted by Gasteiger charge is -2.38. The van der Waals surface area contributed by atoms with Gasteiger partial charge in [0.2, 0.25) is 5.91 Å². The molecule has 5 heteroatoms. The molecule has 0 aromatic heterocycles. The number of rotatable bonds is 3. The third-order valence-electron chi connectivity index (χ3n) is 4.95. The van der Waals surface area contributed by atoms with Crippen LogP contribution in [0.2, 0.25) is 5.02 Å². The van der Waals surface area contributed by atoms with Crippen LogP contribution in [0.4, 0.5) is 0 Å². The number of carbonyl (C=O) groups excluding carboxylic acids is 1. The Morgan fingerprint density at radius 2 is 2.09 bits per heavy atom. The molecule has 2 aliphatic heterocycles. The van der Waals surface area contributed by atoms with E-state index in [0.29, 0.717) is 11.9 Å². The summed E-state index contributed by atoms with van der Waals surface area (Å²) >= 11 is 6.05. The number of carbonyl (C=O) groups is 1. The van der Waals surface area contributed by atoms with Crippen LogP contribution in [0.25, 0.3) is 0 Å². The van der Waals surface area contributed by atoms with Crippen molar-refractivity contribution in [2.75, 3.05) is 32.7 Å². The van der Waals surface area contributed by atoms with E-state index in [-0.39, 0.29) is 5.92 Å². The van der Waals surface area contributed by atoms with Crippen molar-refractivity contribution >= 4 is 17.5 Å². The van der Waals surface area contributed by atoms with Crippen LogP contribution in [0.1, 0.15) is 25.3 Å². The standard InChI is InChI=1S/C18H26ClN3O/c1-14-11-16(5-6-20-14)18(23)22-9-7-21(8-10-22)13-15-3-2-4-17(19)12-15/h2-4,12,14,16,20H,5-11,13H2,1H3/t14-,16-/m0/s1. The van der Waals surface area contributed by atoms with E-state index in [1.165, 1.54) is 5.56 Å². The van der Waals surface area contributed by atoms with Crippen molar-refractivity contribution in [3.63, 3.8) is 0 Å². The van der Waals surface area contributed by atoms with Crippen molar-refractivity contribution in [2.24, 2.45) is 5.92 Å². The Bertz CT molecular complexity index is 543. The number of hydrogen-bond donors (Lipinski definition) is 1. The molecule has 2 atom stereocenters. The Hall–Kier alpha value is -1.10. The zero-order valence-corrected chi connectivity index (χ0v) is 14.6. The van der Waals surface area contributed by atoms with Crippen molar-refractivity contribution in [1.29, 1.82) is 0 Å². The molecule has 126 valence electrons. The minimum atomic E-state index is 0.214. The number of amides is 1. The van der Waals surface area contributed by atoms with Gasteiger partial charge in [-0.25, -0.2) is 0 Å². The minimum absolute atomic E-state index is 0.214. The van der Waals surface area contributed by atoms with Gasteiger partial charge in [-0.15, -0.1) is 0 Å². The van der Waals surface area contributed by atoms with Gasteiger partial charge in [0.15, 0.2) is 0 Å².